The molecule has 0 spiro atoms. The number of nitrogens with one attached hydrogen (secondary N) is 2. The highest BCUT2D eigenvalue weighted by Gasteiger charge is 2.07. The molecule has 0 fully saturated rings. The third kappa shape index (κ3) is 7.05. The van der Waals surface area contributed by atoms with Crippen LogP contribution in [-0.4, -0.2) is 31.6 Å². The number of aromatic nitrogens is 1. The Labute approximate surface area is 195 Å². The van der Waals surface area contributed by atoms with Crippen molar-refractivity contribution < 1.29 is 9.15 Å². The van der Waals surface area contributed by atoms with Crippen molar-refractivity contribution in [1.29, 1.82) is 0 Å². The highest BCUT2D eigenvalue weighted by atomic mass is 127. The van der Waals surface area contributed by atoms with Crippen molar-refractivity contribution in [3.05, 3.63) is 71.6 Å². The van der Waals surface area contributed by atoms with Gasteiger partial charge in [0.15, 0.2) is 5.96 Å². The van der Waals surface area contributed by atoms with Crippen molar-refractivity contribution >= 4 is 29.9 Å². The van der Waals surface area contributed by atoms with E-state index in [-0.39, 0.29) is 24.0 Å². The van der Waals surface area contributed by atoms with Gasteiger partial charge in [0.25, 0.3) is 0 Å². The van der Waals surface area contributed by atoms with E-state index in [1.54, 1.807) is 20.4 Å². The Bertz CT molecular complexity index is 938. The topological polar surface area (TPSA) is 71.7 Å². The molecule has 0 amide bonds. The van der Waals surface area contributed by atoms with Crippen LogP contribution in [0.5, 0.6) is 5.75 Å². The van der Waals surface area contributed by atoms with Crippen molar-refractivity contribution in [2.24, 2.45) is 4.99 Å². The van der Waals surface area contributed by atoms with Gasteiger partial charge in [0.05, 0.1) is 19.3 Å². The highest BCUT2D eigenvalue weighted by Crippen LogP contribution is 2.19. The first kappa shape index (κ1) is 23.7. The number of nitrogens with zero attached hydrogens (tertiary/aromatic N) is 2. The van der Waals surface area contributed by atoms with Gasteiger partial charge in [-0.3, -0.25) is 4.99 Å². The molecular formula is C23H29IN4O2. The van der Waals surface area contributed by atoms with E-state index in [2.05, 4.69) is 51.8 Å². The van der Waals surface area contributed by atoms with Gasteiger partial charge in [0.2, 0.25) is 5.89 Å². The molecule has 0 atom stereocenters. The molecule has 0 aliphatic heterocycles. The lowest BCUT2D eigenvalue weighted by Crippen LogP contribution is -2.37. The Kier molecular flexibility index (Phi) is 9.66. The molecular weight excluding hydrogens is 491 g/mol. The molecule has 0 saturated heterocycles. The second-order valence-electron chi connectivity index (χ2n) is 6.82. The standard InChI is InChI=1S/C23H28N4O2.HI/c1-17-9-11-19(12-10-17)22-27-20(16-29-22)15-26-23(24-2)25-13-5-7-18-6-4-8-21(14-18)28-3;/h4,6,8-12,14,16H,5,7,13,15H2,1-3H3,(H2,24,25,26);1H. The van der Waals surface area contributed by atoms with Crippen LogP contribution < -0.4 is 15.4 Å². The van der Waals surface area contributed by atoms with Gasteiger partial charge in [-0.2, -0.15) is 0 Å². The lowest BCUT2D eigenvalue weighted by Gasteiger charge is -2.11. The number of aryl methyl sites for hydroxylation is 2. The van der Waals surface area contributed by atoms with E-state index in [9.17, 15) is 0 Å². The first-order valence-corrected chi connectivity index (χ1v) is 9.77. The molecule has 0 aliphatic rings. The molecule has 0 radical (unpaired) electrons. The average molecular weight is 520 g/mol. The Morgan fingerprint density at radius 2 is 1.93 bits per heavy atom. The summed E-state index contributed by atoms with van der Waals surface area (Å²) in [6.45, 7) is 3.43. The monoisotopic (exact) mass is 520 g/mol. The molecule has 2 N–H and O–H groups in total. The van der Waals surface area contributed by atoms with Crippen molar-refractivity contribution in [2.75, 3.05) is 20.7 Å². The number of hydrogen-bond donors (Lipinski definition) is 2. The van der Waals surface area contributed by atoms with Crippen LogP contribution in [0.2, 0.25) is 0 Å². The molecule has 160 valence electrons. The van der Waals surface area contributed by atoms with Crippen molar-refractivity contribution in [1.82, 2.24) is 15.6 Å². The maximum absolute atomic E-state index is 5.60. The lowest BCUT2D eigenvalue weighted by molar-refractivity contribution is 0.414. The van der Waals surface area contributed by atoms with Gasteiger partial charge in [0.1, 0.15) is 12.0 Å². The molecule has 0 bridgehead atoms. The normalized spacial score (nSPS) is 11.0. The number of benzene rings is 2. The molecule has 1 aromatic heterocycles. The fraction of sp³-hybridized carbons (Fsp3) is 0.304. The van der Waals surface area contributed by atoms with Gasteiger partial charge in [-0.05, 0) is 49.6 Å². The molecule has 0 saturated carbocycles. The van der Waals surface area contributed by atoms with Crippen LogP contribution >= 0.6 is 24.0 Å². The minimum absolute atomic E-state index is 0. The zero-order valence-electron chi connectivity index (χ0n) is 17.6. The SMILES string of the molecule is CN=C(NCCCc1cccc(OC)c1)NCc1coc(-c2ccc(C)cc2)n1.I. The predicted octanol–water partition coefficient (Wildman–Crippen LogP) is 4.57. The second kappa shape index (κ2) is 12.2. The van der Waals surface area contributed by atoms with Gasteiger partial charge in [-0.25, -0.2) is 4.98 Å². The molecule has 7 heteroatoms. The minimum Gasteiger partial charge on any atom is -0.497 e. The maximum Gasteiger partial charge on any atom is 0.226 e. The van der Waals surface area contributed by atoms with E-state index in [1.165, 1.54) is 11.1 Å². The number of guanidine groups is 1. The number of aliphatic imine (C=N–C) groups is 1. The van der Waals surface area contributed by atoms with E-state index in [0.717, 1.165) is 42.4 Å². The third-order valence-electron chi connectivity index (χ3n) is 4.58. The average Bonchev–Trinajstić information content (AvgIpc) is 3.23. The Hall–Kier alpha value is -2.55. The van der Waals surface area contributed by atoms with Crippen LogP contribution in [0.4, 0.5) is 0 Å². The quantitative estimate of drug-likeness (QED) is 0.197. The zero-order valence-corrected chi connectivity index (χ0v) is 20.0. The van der Waals surface area contributed by atoms with E-state index < -0.39 is 0 Å². The van der Waals surface area contributed by atoms with Crippen LogP contribution in [0.25, 0.3) is 11.5 Å². The number of oxazole rings is 1. The number of ether oxygens (including phenoxy) is 1. The van der Waals surface area contributed by atoms with Gasteiger partial charge in [0, 0.05) is 19.2 Å². The van der Waals surface area contributed by atoms with Crippen LogP contribution in [0.3, 0.4) is 0 Å². The van der Waals surface area contributed by atoms with E-state index in [0.29, 0.717) is 12.4 Å². The van der Waals surface area contributed by atoms with Crippen molar-refractivity contribution in [3.63, 3.8) is 0 Å². The summed E-state index contributed by atoms with van der Waals surface area (Å²) in [6.07, 6.45) is 3.65. The summed E-state index contributed by atoms with van der Waals surface area (Å²) in [5.41, 5.74) is 4.28. The Balaban J connectivity index is 0.00000320. The van der Waals surface area contributed by atoms with E-state index in [4.69, 9.17) is 9.15 Å². The van der Waals surface area contributed by atoms with Crippen LogP contribution in [-0.2, 0) is 13.0 Å². The first-order valence-electron chi connectivity index (χ1n) is 9.77. The zero-order chi connectivity index (χ0) is 20.5. The molecule has 0 unspecified atom stereocenters. The lowest BCUT2D eigenvalue weighted by atomic mass is 10.1. The maximum atomic E-state index is 5.60. The fourth-order valence-corrected chi connectivity index (χ4v) is 2.94. The molecule has 1 heterocycles. The van der Waals surface area contributed by atoms with Crippen LogP contribution in [0.15, 0.2) is 64.2 Å². The number of methoxy groups -OCH3 is 1. The van der Waals surface area contributed by atoms with E-state index >= 15 is 0 Å². The predicted molar refractivity (Wildman–Crippen MR) is 132 cm³/mol. The molecule has 2 aromatic carbocycles. The summed E-state index contributed by atoms with van der Waals surface area (Å²) >= 11 is 0. The second-order valence-corrected chi connectivity index (χ2v) is 6.82. The Morgan fingerprint density at radius 3 is 2.67 bits per heavy atom. The molecule has 3 rings (SSSR count). The molecule has 3 aromatic rings. The highest BCUT2D eigenvalue weighted by molar-refractivity contribution is 14.0. The largest absolute Gasteiger partial charge is 0.497 e. The van der Waals surface area contributed by atoms with Gasteiger partial charge in [-0.1, -0.05) is 29.8 Å². The first-order chi connectivity index (χ1) is 14.2. The number of hydrogen-bond acceptors (Lipinski definition) is 4. The Morgan fingerprint density at radius 1 is 1.13 bits per heavy atom. The summed E-state index contributed by atoms with van der Waals surface area (Å²) in [7, 11) is 3.45. The summed E-state index contributed by atoms with van der Waals surface area (Å²) < 4.78 is 10.9. The number of rotatable bonds is 8. The fourth-order valence-electron chi connectivity index (χ4n) is 2.94. The van der Waals surface area contributed by atoms with Gasteiger partial charge < -0.3 is 19.8 Å². The third-order valence-corrected chi connectivity index (χ3v) is 4.58. The summed E-state index contributed by atoms with van der Waals surface area (Å²) in [5, 5.41) is 6.61. The van der Waals surface area contributed by atoms with Gasteiger partial charge >= 0.3 is 0 Å². The summed E-state index contributed by atoms with van der Waals surface area (Å²) in [6, 6.07) is 16.3. The van der Waals surface area contributed by atoms with Crippen molar-refractivity contribution in [2.45, 2.75) is 26.3 Å². The number of halogens is 1. The smallest absolute Gasteiger partial charge is 0.226 e. The van der Waals surface area contributed by atoms with Crippen molar-refractivity contribution in [3.8, 4) is 17.2 Å². The van der Waals surface area contributed by atoms with Crippen LogP contribution in [0.1, 0.15) is 23.2 Å². The molecule has 6 nitrogen and oxygen atoms in total. The summed E-state index contributed by atoms with van der Waals surface area (Å²) in [5.74, 6) is 2.27. The summed E-state index contributed by atoms with van der Waals surface area (Å²) in [4.78, 5) is 8.81. The van der Waals surface area contributed by atoms with E-state index in [1.807, 2.05) is 24.3 Å². The minimum atomic E-state index is 0. The molecule has 0 aliphatic carbocycles. The van der Waals surface area contributed by atoms with Gasteiger partial charge in [-0.15, -0.1) is 24.0 Å². The molecule has 30 heavy (non-hydrogen) atoms. The van der Waals surface area contributed by atoms with Crippen LogP contribution in [0, 0.1) is 6.92 Å².